The SMILES string of the molecule is CCCCCCCCCCCCCC(=O)Nc1cccc(C(=O)NC(C)c2ccccc2)c1. The zero-order valence-electron chi connectivity index (χ0n) is 20.6. The molecule has 4 heteroatoms. The molecule has 180 valence electrons. The molecule has 0 spiro atoms. The minimum atomic E-state index is -0.146. The van der Waals surface area contributed by atoms with Gasteiger partial charge in [0.25, 0.3) is 5.91 Å². The fourth-order valence-corrected chi connectivity index (χ4v) is 4.02. The van der Waals surface area contributed by atoms with Crippen LogP contribution in [0.4, 0.5) is 5.69 Å². The van der Waals surface area contributed by atoms with Gasteiger partial charge in [-0.3, -0.25) is 9.59 Å². The highest BCUT2D eigenvalue weighted by Gasteiger charge is 2.12. The lowest BCUT2D eigenvalue weighted by atomic mass is 10.1. The molecule has 0 fully saturated rings. The molecule has 0 aliphatic carbocycles. The molecule has 0 heterocycles. The van der Waals surface area contributed by atoms with Crippen LogP contribution in [0.25, 0.3) is 0 Å². The van der Waals surface area contributed by atoms with Gasteiger partial charge in [0.2, 0.25) is 5.91 Å². The van der Waals surface area contributed by atoms with E-state index in [0.29, 0.717) is 17.7 Å². The third-order valence-corrected chi connectivity index (χ3v) is 6.06. The summed E-state index contributed by atoms with van der Waals surface area (Å²) < 4.78 is 0. The summed E-state index contributed by atoms with van der Waals surface area (Å²) in [5.74, 6) is -0.131. The van der Waals surface area contributed by atoms with Crippen LogP contribution in [0.1, 0.15) is 113 Å². The number of benzene rings is 2. The first-order chi connectivity index (χ1) is 16.1. The van der Waals surface area contributed by atoms with Crippen LogP contribution in [-0.4, -0.2) is 11.8 Å². The van der Waals surface area contributed by atoms with Crippen molar-refractivity contribution in [2.75, 3.05) is 5.32 Å². The molecule has 2 amide bonds. The average molecular weight is 451 g/mol. The summed E-state index contributed by atoms with van der Waals surface area (Å²) in [6.45, 7) is 4.22. The summed E-state index contributed by atoms with van der Waals surface area (Å²) in [6.07, 6.45) is 14.5. The Morgan fingerprint density at radius 1 is 0.758 bits per heavy atom. The third-order valence-electron chi connectivity index (χ3n) is 6.06. The van der Waals surface area contributed by atoms with Gasteiger partial charge in [0.15, 0.2) is 0 Å². The van der Waals surface area contributed by atoms with Gasteiger partial charge in [-0.25, -0.2) is 0 Å². The van der Waals surface area contributed by atoms with E-state index in [4.69, 9.17) is 0 Å². The van der Waals surface area contributed by atoms with Gasteiger partial charge in [-0.2, -0.15) is 0 Å². The van der Waals surface area contributed by atoms with Gasteiger partial charge < -0.3 is 10.6 Å². The smallest absolute Gasteiger partial charge is 0.251 e. The van der Waals surface area contributed by atoms with Crippen molar-refractivity contribution in [2.45, 2.75) is 96.9 Å². The molecule has 4 nitrogen and oxygen atoms in total. The molecule has 0 aliphatic rings. The molecular formula is C29H42N2O2. The van der Waals surface area contributed by atoms with Crippen molar-refractivity contribution in [3.8, 4) is 0 Å². The zero-order chi connectivity index (χ0) is 23.7. The number of nitrogens with one attached hydrogen (secondary N) is 2. The quantitative estimate of drug-likeness (QED) is 0.256. The Hall–Kier alpha value is -2.62. The van der Waals surface area contributed by atoms with E-state index in [-0.39, 0.29) is 17.9 Å². The highest BCUT2D eigenvalue weighted by atomic mass is 16.2. The Balaban J connectivity index is 1.63. The van der Waals surface area contributed by atoms with Crippen molar-refractivity contribution < 1.29 is 9.59 Å². The maximum absolute atomic E-state index is 12.6. The second kappa shape index (κ2) is 16.1. The summed E-state index contributed by atoms with van der Waals surface area (Å²) in [5, 5.41) is 5.96. The number of amides is 2. The second-order valence-electron chi connectivity index (χ2n) is 9.02. The maximum Gasteiger partial charge on any atom is 0.251 e. The number of carbonyl (C=O) groups is 2. The lowest BCUT2D eigenvalue weighted by Gasteiger charge is -2.15. The molecule has 0 bridgehead atoms. The number of carbonyl (C=O) groups excluding carboxylic acids is 2. The van der Waals surface area contributed by atoms with E-state index < -0.39 is 0 Å². The Labute approximate surface area is 200 Å². The molecule has 1 atom stereocenters. The van der Waals surface area contributed by atoms with Gasteiger partial charge in [-0.15, -0.1) is 0 Å². The van der Waals surface area contributed by atoms with Gasteiger partial charge in [-0.05, 0) is 37.1 Å². The van der Waals surface area contributed by atoms with Crippen molar-refractivity contribution in [2.24, 2.45) is 0 Å². The molecule has 0 aromatic heterocycles. The molecule has 2 aromatic carbocycles. The number of hydrogen-bond donors (Lipinski definition) is 2. The summed E-state index contributed by atoms with van der Waals surface area (Å²) >= 11 is 0. The summed E-state index contributed by atoms with van der Waals surface area (Å²) in [5.41, 5.74) is 2.27. The predicted octanol–water partition coefficient (Wildman–Crippen LogP) is 7.82. The molecule has 2 N–H and O–H groups in total. The first-order valence-corrected chi connectivity index (χ1v) is 12.9. The topological polar surface area (TPSA) is 58.2 Å². The molecule has 0 radical (unpaired) electrons. The highest BCUT2D eigenvalue weighted by molar-refractivity contribution is 5.97. The fraction of sp³-hybridized carbons (Fsp3) is 0.517. The van der Waals surface area contributed by atoms with Crippen molar-refractivity contribution in [3.05, 3.63) is 65.7 Å². The van der Waals surface area contributed by atoms with Gasteiger partial charge in [-0.1, -0.05) is 108 Å². The largest absolute Gasteiger partial charge is 0.346 e. The molecule has 33 heavy (non-hydrogen) atoms. The van der Waals surface area contributed by atoms with Crippen molar-refractivity contribution in [1.82, 2.24) is 5.32 Å². The van der Waals surface area contributed by atoms with E-state index in [1.165, 1.54) is 57.8 Å². The zero-order valence-corrected chi connectivity index (χ0v) is 20.6. The van der Waals surface area contributed by atoms with E-state index in [1.54, 1.807) is 18.2 Å². The van der Waals surface area contributed by atoms with Gasteiger partial charge in [0, 0.05) is 17.7 Å². The van der Waals surface area contributed by atoms with Gasteiger partial charge in [0.05, 0.1) is 6.04 Å². The molecule has 2 aromatic rings. The third kappa shape index (κ3) is 11.2. The molecule has 0 aliphatic heterocycles. The summed E-state index contributed by atoms with van der Waals surface area (Å²) in [4.78, 5) is 24.9. The number of unbranched alkanes of at least 4 members (excludes halogenated alkanes) is 10. The lowest BCUT2D eigenvalue weighted by molar-refractivity contribution is -0.116. The Kier molecular flexibility index (Phi) is 13.0. The van der Waals surface area contributed by atoms with E-state index in [1.807, 2.05) is 43.3 Å². The standard InChI is InChI=1S/C29H42N2O2/c1-3-4-5-6-7-8-9-10-11-12-16-22-28(32)31-27-21-17-20-26(23-27)29(33)30-24(2)25-18-14-13-15-19-25/h13-15,17-21,23-24H,3-12,16,22H2,1-2H3,(H,30,33)(H,31,32). The van der Waals surface area contributed by atoms with Crippen LogP contribution in [0.3, 0.4) is 0 Å². The number of hydrogen-bond acceptors (Lipinski definition) is 2. The normalized spacial score (nSPS) is 11.7. The van der Waals surface area contributed by atoms with Crippen molar-refractivity contribution >= 4 is 17.5 Å². The summed E-state index contributed by atoms with van der Waals surface area (Å²) in [7, 11) is 0. The second-order valence-corrected chi connectivity index (χ2v) is 9.02. The minimum Gasteiger partial charge on any atom is -0.346 e. The molecule has 2 rings (SSSR count). The monoisotopic (exact) mass is 450 g/mol. The fourth-order valence-electron chi connectivity index (χ4n) is 4.02. The minimum absolute atomic E-state index is 0.0149. The molecular weight excluding hydrogens is 408 g/mol. The molecule has 0 saturated carbocycles. The van der Waals surface area contributed by atoms with E-state index >= 15 is 0 Å². The maximum atomic E-state index is 12.6. The van der Waals surface area contributed by atoms with Crippen LogP contribution in [0.5, 0.6) is 0 Å². The van der Waals surface area contributed by atoms with E-state index in [2.05, 4.69) is 17.6 Å². The number of rotatable bonds is 16. The Morgan fingerprint density at radius 2 is 1.36 bits per heavy atom. The lowest BCUT2D eigenvalue weighted by Crippen LogP contribution is -2.26. The Bertz CT molecular complexity index is 819. The molecule has 0 saturated heterocycles. The van der Waals surface area contributed by atoms with Crippen LogP contribution < -0.4 is 10.6 Å². The van der Waals surface area contributed by atoms with Crippen LogP contribution in [0.15, 0.2) is 54.6 Å². The first-order valence-electron chi connectivity index (χ1n) is 12.9. The highest BCUT2D eigenvalue weighted by Crippen LogP contribution is 2.16. The van der Waals surface area contributed by atoms with E-state index in [9.17, 15) is 9.59 Å². The van der Waals surface area contributed by atoms with Crippen LogP contribution in [0.2, 0.25) is 0 Å². The van der Waals surface area contributed by atoms with Crippen molar-refractivity contribution in [3.63, 3.8) is 0 Å². The predicted molar refractivity (Wildman–Crippen MR) is 138 cm³/mol. The number of anilines is 1. The van der Waals surface area contributed by atoms with Crippen LogP contribution in [-0.2, 0) is 4.79 Å². The summed E-state index contributed by atoms with van der Waals surface area (Å²) in [6, 6.07) is 16.9. The van der Waals surface area contributed by atoms with Crippen LogP contribution in [0, 0.1) is 0 Å². The van der Waals surface area contributed by atoms with Gasteiger partial charge in [0.1, 0.15) is 0 Å². The van der Waals surface area contributed by atoms with Crippen LogP contribution >= 0.6 is 0 Å². The van der Waals surface area contributed by atoms with E-state index in [0.717, 1.165) is 18.4 Å². The van der Waals surface area contributed by atoms with Crippen molar-refractivity contribution in [1.29, 1.82) is 0 Å². The molecule has 1 unspecified atom stereocenters. The average Bonchev–Trinajstić information content (AvgIpc) is 2.83. The van der Waals surface area contributed by atoms with Gasteiger partial charge >= 0.3 is 0 Å². The Morgan fingerprint density at radius 3 is 2.00 bits per heavy atom. The first kappa shape index (κ1) is 26.6.